The lowest BCUT2D eigenvalue weighted by Gasteiger charge is -2.42. The van der Waals surface area contributed by atoms with E-state index in [-0.39, 0.29) is 16.6 Å². The Labute approximate surface area is 165 Å². The van der Waals surface area contributed by atoms with E-state index in [0.29, 0.717) is 0 Å². The molecule has 0 unspecified atom stereocenters. The number of rotatable bonds is 3. The molecule has 0 radical (unpaired) electrons. The Kier molecular flexibility index (Phi) is 5.00. The summed E-state index contributed by atoms with van der Waals surface area (Å²) in [4.78, 5) is 12.9. The third-order valence-corrected chi connectivity index (χ3v) is 6.29. The summed E-state index contributed by atoms with van der Waals surface area (Å²) < 4.78 is 1.04. The minimum atomic E-state index is 0.0763. The average molecular weight is 411 g/mol. The van der Waals surface area contributed by atoms with Gasteiger partial charge in [-0.3, -0.25) is 4.79 Å². The van der Waals surface area contributed by atoms with Gasteiger partial charge in [-0.15, -0.1) is 0 Å². The van der Waals surface area contributed by atoms with Crippen molar-refractivity contribution < 1.29 is 4.79 Å². The molecule has 0 bridgehead atoms. The molecule has 2 heteroatoms. The molecule has 0 spiro atoms. The van der Waals surface area contributed by atoms with Crippen LogP contribution in [0.4, 0.5) is 0 Å². The Bertz CT molecular complexity index is 870. The molecule has 0 atom stereocenters. The number of aryl methyl sites for hydroxylation is 1. The molecule has 1 nitrogen and oxygen atoms in total. The average Bonchev–Trinajstić information content (AvgIpc) is 2.58. The summed E-state index contributed by atoms with van der Waals surface area (Å²) >= 11 is 3.44. The highest BCUT2D eigenvalue weighted by Gasteiger charge is 2.37. The molecule has 0 fully saturated rings. The highest BCUT2D eigenvalue weighted by Crippen LogP contribution is 2.46. The molecule has 0 N–H and O–H groups in total. The summed E-state index contributed by atoms with van der Waals surface area (Å²) in [6.07, 6.45) is 5.92. The zero-order valence-corrected chi connectivity index (χ0v) is 17.9. The van der Waals surface area contributed by atoms with Gasteiger partial charge < -0.3 is 0 Å². The molecule has 0 amide bonds. The van der Waals surface area contributed by atoms with Gasteiger partial charge in [-0.25, -0.2) is 0 Å². The third kappa shape index (κ3) is 3.71. The van der Waals surface area contributed by atoms with Crippen LogP contribution in [-0.2, 0) is 10.8 Å². The van der Waals surface area contributed by atoms with Crippen LogP contribution in [0.15, 0.2) is 46.9 Å². The molecule has 0 saturated carbocycles. The highest BCUT2D eigenvalue weighted by atomic mass is 79.9. The number of hydrogen-bond acceptors (Lipinski definition) is 1. The van der Waals surface area contributed by atoms with E-state index >= 15 is 0 Å². The molecule has 1 aliphatic rings. The molecule has 1 aliphatic carbocycles. The van der Waals surface area contributed by atoms with Crippen molar-refractivity contribution in [3.8, 4) is 0 Å². The summed E-state index contributed by atoms with van der Waals surface area (Å²) in [5, 5.41) is 0. The van der Waals surface area contributed by atoms with Crippen LogP contribution >= 0.6 is 15.9 Å². The lowest BCUT2D eigenvalue weighted by molar-refractivity contribution is 0.104. The Morgan fingerprint density at radius 1 is 0.962 bits per heavy atom. The van der Waals surface area contributed by atoms with Crippen molar-refractivity contribution in [1.82, 2.24) is 0 Å². The second kappa shape index (κ2) is 6.81. The number of carbonyl (C=O) groups excluding carboxylic acids is 1. The zero-order valence-electron chi connectivity index (χ0n) is 16.3. The van der Waals surface area contributed by atoms with Gasteiger partial charge in [-0.05, 0) is 77.1 Å². The van der Waals surface area contributed by atoms with Gasteiger partial charge in [0.2, 0.25) is 0 Å². The predicted molar refractivity (Wildman–Crippen MR) is 114 cm³/mol. The van der Waals surface area contributed by atoms with E-state index in [4.69, 9.17) is 0 Å². The number of allylic oxidation sites excluding steroid dienone is 1. The number of hydrogen-bond donors (Lipinski definition) is 0. The lowest BCUT2D eigenvalue weighted by atomic mass is 9.62. The van der Waals surface area contributed by atoms with E-state index < -0.39 is 0 Å². The van der Waals surface area contributed by atoms with Crippen LogP contribution in [0.1, 0.15) is 73.1 Å². The van der Waals surface area contributed by atoms with Gasteiger partial charge in [0.1, 0.15) is 0 Å². The Hall–Kier alpha value is -1.67. The normalized spacial score (nSPS) is 17.9. The van der Waals surface area contributed by atoms with E-state index in [0.717, 1.165) is 27.6 Å². The molecule has 2 aromatic rings. The topological polar surface area (TPSA) is 17.1 Å². The molecule has 2 aromatic carbocycles. The van der Waals surface area contributed by atoms with Crippen LogP contribution in [0, 0.1) is 6.92 Å². The van der Waals surface area contributed by atoms with E-state index in [1.165, 1.54) is 17.5 Å². The summed E-state index contributed by atoms with van der Waals surface area (Å²) in [5.41, 5.74) is 5.94. The first-order valence-corrected chi connectivity index (χ1v) is 10.0. The molecule has 0 saturated heterocycles. The van der Waals surface area contributed by atoms with Crippen molar-refractivity contribution in [2.45, 2.75) is 58.3 Å². The van der Waals surface area contributed by atoms with Crippen molar-refractivity contribution in [2.24, 2.45) is 0 Å². The summed E-state index contributed by atoms with van der Waals surface area (Å²) in [5.74, 6) is 0.0763. The van der Waals surface area contributed by atoms with Gasteiger partial charge in [0.25, 0.3) is 0 Å². The lowest BCUT2D eigenvalue weighted by Crippen LogP contribution is -2.34. The molecule has 136 valence electrons. The molecule has 0 aliphatic heterocycles. The number of halogens is 1. The van der Waals surface area contributed by atoms with Crippen LogP contribution < -0.4 is 0 Å². The first-order chi connectivity index (χ1) is 12.1. The van der Waals surface area contributed by atoms with Crippen molar-refractivity contribution >= 4 is 27.8 Å². The third-order valence-electron chi connectivity index (χ3n) is 5.76. The second-order valence-electron chi connectivity index (χ2n) is 8.73. The zero-order chi connectivity index (χ0) is 19.1. The Morgan fingerprint density at radius 3 is 2.08 bits per heavy atom. The summed E-state index contributed by atoms with van der Waals surface area (Å²) in [6.45, 7) is 11.3. The van der Waals surface area contributed by atoms with Crippen molar-refractivity contribution in [3.63, 3.8) is 0 Å². The van der Waals surface area contributed by atoms with Gasteiger partial charge in [-0.2, -0.15) is 0 Å². The van der Waals surface area contributed by atoms with E-state index in [2.05, 4.69) is 62.7 Å². The van der Waals surface area contributed by atoms with Crippen LogP contribution in [0.5, 0.6) is 0 Å². The van der Waals surface area contributed by atoms with Gasteiger partial charge in [0.05, 0.1) is 0 Å². The number of fused-ring (bicyclic) bond motifs is 1. The minimum Gasteiger partial charge on any atom is -0.289 e. The molecule has 3 rings (SSSR count). The minimum absolute atomic E-state index is 0.0763. The molecular formula is C24H27BrO. The molecule has 0 aromatic heterocycles. The quantitative estimate of drug-likeness (QED) is 0.392. The monoisotopic (exact) mass is 410 g/mol. The Balaban J connectivity index is 1.98. The maximum atomic E-state index is 12.9. The van der Waals surface area contributed by atoms with Gasteiger partial charge >= 0.3 is 0 Å². The predicted octanol–water partition coefficient (Wildman–Crippen LogP) is 7.00. The van der Waals surface area contributed by atoms with Gasteiger partial charge in [-0.1, -0.05) is 67.9 Å². The van der Waals surface area contributed by atoms with Crippen LogP contribution in [0.2, 0.25) is 0 Å². The maximum Gasteiger partial charge on any atom is 0.186 e. The molecular weight excluding hydrogens is 384 g/mol. The van der Waals surface area contributed by atoms with Gasteiger partial charge in [0, 0.05) is 10.0 Å². The van der Waals surface area contributed by atoms with Crippen molar-refractivity contribution in [2.75, 3.05) is 0 Å². The fraction of sp³-hybridized carbons (Fsp3) is 0.375. The van der Waals surface area contributed by atoms with Crippen LogP contribution in [-0.4, -0.2) is 5.78 Å². The number of carbonyl (C=O) groups is 1. The highest BCUT2D eigenvalue weighted by molar-refractivity contribution is 9.10. The van der Waals surface area contributed by atoms with Gasteiger partial charge in [0.15, 0.2) is 5.78 Å². The van der Waals surface area contributed by atoms with Crippen LogP contribution in [0.3, 0.4) is 0 Å². The SMILES string of the molecule is Cc1cc2c(cc1C(=O)/C=C/c1ccc(Br)cc1)C(C)(C)CCC2(C)C. The van der Waals surface area contributed by atoms with E-state index in [1.54, 1.807) is 6.08 Å². The first-order valence-electron chi connectivity index (χ1n) is 9.24. The summed E-state index contributed by atoms with van der Waals surface area (Å²) in [6, 6.07) is 12.4. The second-order valence-corrected chi connectivity index (χ2v) is 9.65. The molecule has 0 heterocycles. The van der Waals surface area contributed by atoms with E-state index in [9.17, 15) is 4.79 Å². The smallest absolute Gasteiger partial charge is 0.186 e. The van der Waals surface area contributed by atoms with Crippen molar-refractivity contribution in [1.29, 1.82) is 0 Å². The Morgan fingerprint density at radius 2 is 1.50 bits per heavy atom. The molecule has 26 heavy (non-hydrogen) atoms. The fourth-order valence-corrected chi connectivity index (χ4v) is 4.09. The van der Waals surface area contributed by atoms with Crippen LogP contribution in [0.25, 0.3) is 6.08 Å². The largest absolute Gasteiger partial charge is 0.289 e. The standard InChI is InChI=1S/C24H27BrO/c1-16-14-20-21(24(4,5)13-12-23(20,2)3)15-19(16)22(26)11-8-17-6-9-18(25)10-7-17/h6-11,14-15H,12-13H2,1-5H3/b11-8+. The first kappa shape index (κ1) is 19.1. The summed E-state index contributed by atoms with van der Waals surface area (Å²) in [7, 11) is 0. The maximum absolute atomic E-state index is 12.9. The fourth-order valence-electron chi connectivity index (χ4n) is 3.82. The van der Waals surface area contributed by atoms with E-state index in [1.807, 2.05) is 30.3 Å². The number of benzene rings is 2. The van der Waals surface area contributed by atoms with Crippen molar-refractivity contribution in [3.05, 3.63) is 74.8 Å². The number of ketones is 1.